The summed E-state index contributed by atoms with van der Waals surface area (Å²) in [4.78, 5) is 8.79. The highest BCUT2D eigenvalue weighted by Crippen LogP contribution is 2.23. The fourth-order valence-corrected chi connectivity index (χ4v) is 2.95. The van der Waals surface area contributed by atoms with Crippen LogP contribution in [0.4, 0.5) is 4.39 Å². The Morgan fingerprint density at radius 1 is 1.29 bits per heavy atom. The summed E-state index contributed by atoms with van der Waals surface area (Å²) in [7, 11) is 0. The van der Waals surface area contributed by atoms with Crippen molar-refractivity contribution in [2.45, 2.75) is 18.8 Å². The number of rotatable bonds is 4. The number of pyridine rings is 1. The molecule has 2 aromatic heterocycles. The monoisotopic (exact) mass is 415 g/mol. The van der Waals surface area contributed by atoms with Crippen LogP contribution in [0.25, 0.3) is 11.0 Å². The molecule has 0 atom stereocenters. The lowest BCUT2D eigenvalue weighted by molar-refractivity contribution is 0.619. The fraction of sp³-hybridized carbons (Fsp3) is 0.200. The molecule has 6 heteroatoms. The van der Waals surface area contributed by atoms with Crippen LogP contribution >= 0.6 is 34.2 Å². The maximum absolute atomic E-state index is 13.8. The molecule has 1 aromatic carbocycles. The van der Waals surface area contributed by atoms with Crippen LogP contribution in [0, 0.1) is 9.39 Å². The zero-order chi connectivity index (χ0) is 14.8. The molecule has 0 aliphatic heterocycles. The number of imidazole rings is 1. The Bertz CT molecular complexity index is 773. The molecule has 0 saturated heterocycles. The number of alkyl halides is 1. The summed E-state index contributed by atoms with van der Waals surface area (Å²) in [6, 6.07) is 9.09. The second kappa shape index (κ2) is 6.27. The molecule has 3 rings (SSSR count). The maximum atomic E-state index is 13.8. The molecular weight excluding hydrogens is 404 g/mol. The van der Waals surface area contributed by atoms with Gasteiger partial charge in [0.25, 0.3) is 0 Å². The van der Waals surface area contributed by atoms with Crippen LogP contribution in [0.1, 0.15) is 11.5 Å². The quantitative estimate of drug-likeness (QED) is 0.473. The first-order chi connectivity index (χ1) is 10.2. The Morgan fingerprint density at radius 2 is 2.14 bits per heavy atom. The molecule has 3 nitrogen and oxygen atoms in total. The Labute approximate surface area is 140 Å². The van der Waals surface area contributed by atoms with Crippen molar-refractivity contribution in [2.75, 3.05) is 0 Å². The zero-order valence-electron chi connectivity index (χ0n) is 11.1. The van der Waals surface area contributed by atoms with Crippen LogP contribution in [-0.4, -0.2) is 14.5 Å². The third-order valence-electron chi connectivity index (χ3n) is 3.31. The highest BCUT2D eigenvalue weighted by atomic mass is 127. The number of aromatic nitrogens is 3. The number of hydrogen-bond acceptors (Lipinski definition) is 2. The van der Waals surface area contributed by atoms with Gasteiger partial charge in [0.1, 0.15) is 11.6 Å². The van der Waals surface area contributed by atoms with E-state index in [1.165, 1.54) is 6.07 Å². The van der Waals surface area contributed by atoms with Gasteiger partial charge in [0.2, 0.25) is 0 Å². The van der Waals surface area contributed by atoms with Crippen molar-refractivity contribution < 1.29 is 4.39 Å². The average molecular weight is 416 g/mol. The lowest BCUT2D eigenvalue weighted by Gasteiger charge is -2.07. The predicted octanol–water partition coefficient (Wildman–Crippen LogP) is 4.16. The van der Waals surface area contributed by atoms with Gasteiger partial charge in [-0.2, -0.15) is 0 Å². The van der Waals surface area contributed by atoms with Crippen molar-refractivity contribution in [3.63, 3.8) is 0 Å². The lowest BCUT2D eigenvalue weighted by Crippen LogP contribution is -2.06. The normalized spacial score (nSPS) is 11.2. The molecule has 3 aromatic rings. The van der Waals surface area contributed by atoms with Crippen molar-refractivity contribution in [3.05, 3.63) is 57.4 Å². The van der Waals surface area contributed by atoms with Crippen LogP contribution in [0.15, 0.2) is 36.5 Å². The van der Waals surface area contributed by atoms with E-state index in [1.54, 1.807) is 12.3 Å². The molecule has 0 fully saturated rings. The third kappa shape index (κ3) is 3.03. The van der Waals surface area contributed by atoms with Gasteiger partial charge in [0.05, 0.1) is 20.5 Å². The molecule has 0 aliphatic carbocycles. The molecule has 0 saturated carbocycles. The molecule has 0 bridgehead atoms. The van der Waals surface area contributed by atoms with Gasteiger partial charge in [-0.25, -0.2) is 9.37 Å². The minimum absolute atomic E-state index is 0.233. The molecule has 0 radical (unpaired) electrons. The smallest absolute Gasteiger partial charge is 0.138 e. The second-order valence-corrected chi connectivity index (χ2v) is 6.07. The van der Waals surface area contributed by atoms with Crippen LogP contribution in [0.3, 0.4) is 0 Å². The Kier molecular flexibility index (Phi) is 4.40. The van der Waals surface area contributed by atoms with Gasteiger partial charge in [0.15, 0.2) is 0 Å². The van der Waals surface area contributed by atoms with E-state index in [4.69, 9.17) is 11.6 Å². The summed E-state index contributed by atoms with van der Waals surface area (Å²) in [5, 5.41) is 0. The summed E-state index contributed by atoms with van der Waals surface area (Å²) in [5.74, 6) is 0.821. The highest BCUT2D eigenvalue weighted by molar-refractivity contribution is 14.1. The van der Waals surface area contributed by atoms with Crippen molar-refractivity contribution >= 4 is 45.2 Å². The van der Waals surface area contributed by atoms with Crippen LogP contribution < -0.4 is 0 Å². The molecule has 21 heavy (non-hydrogen) atoms. The van der Waals surface area contributed by atoms with E-state index in [2.05, 4.69) is 9.97 Å². The largest absolute Gasteiger partial charge is 0.326 e. The maximum Gasteiger partial charge on any atom is 0.138 e. The van der Waals surface area contributed by atoms with Crippen molar-refractivity contribution in [2.24, 2.45) is 0 Å². The number of nitrogens with zero attached hydrogens (tertiary/aromatic N) is 3. The summed E-state index contributed by atoms with van der Waals surface area (Å²) in [6.45, 7) is 0.676. The van der Waals surface area contributed by atoms with E-state index in [9.17, 15) is 4.39 Å². The fourth-order valence-electron chi connectivity index (χ4n) is 2.29. The summed E-state index contributed by atoms with van der Waals surface area (Å²) < 4.78 is 16.3. The van der Waals surface area contributed by atoms with Crippen LogP contribution in [0.5, 0.6) is 0 Å². The van der Waals surface area contributed by atoms with E-state index in [0.717, 1.165) is 29.0 Å². The van der Waals surface area contributed by atoms with Crippen LogP contribution in [0.2, 0.25) is 0 Å². The van der Waals surface area contributed by atoms with Gasteiger partial charge in [-0.15, -0.1) is 11.6 Å². The van der Waals surface area contributed by atoms with Gasteiger partial charge < -0.3 is 4.57 Å². The van der Waals surface area contributed by atoms with Gasteiger partial charge in [-0.1, -0.05) is 6.07 Å². The van der Waals surface area contributed by atoms with E-state index < -0.39 is 0 Å². The number of aryl methyl sites for hydroxylation is 2. The lowest BCUT2D eigenvalue weighted by atomic mass is 10.2. The van der Waals surface area contributed by atoms with Crippen molar-refractivity contribution in [1.29, 1.82) is 0 Å². The third-order valence-corrected chi connectivity index (χ3v) is 4.37. The zero-order valence-corrected chi connectivity index (χ0v) is 14.0. The summed E-state index contributed by atoms with van der Waals surface area (Å²) >= 11 is 7.94. The molecule has 0 N–H and O–H groups in total. The van der Waals surface area contributed by atoms with Gasteiger partial charge in [0, 0.05) is 30.9 Å². The molecule has 108 valence electrons. The first-order valence-corrected chi connectivity index (χ1v) is 8.10. The van der Waals surface area contributed by atoms with Gasteiger partial charge >= 0.3 is 0 Å². The van der Waals surface area contributed by atoms with E-state index in [1.807, 2.05) is 45.4 Å². The van der Waals surface area contributed by atoms with Crippen LogP contribution in [-0.2, 0) is 18.8 Å². The average Bonchev–Trinajstić information content (AvgIpc) is 2.83. The molecule has 0 spiro atoms. The minimum Gasteiger partial charge on any atom is -0.326 e. The summed E-state index contributed by atoms with van der Waals surface area (Å²) in [6.07, 6.45) is 2.52. The molecule has 0 aliphatic rings. The molecule has 2 heterocycles. The molecule has 0 amide bonds. The first-order valence-electron chi connectivity index (χ1n) is 6.49. The standard InChI is InChI=1S/C15H12ClFIN3/c16-9-15-20-13-8-12(18)11(17)7-14(13)21(15)6-4-10-3-1-2-5-19-10/h1-3,5,7-8H,4,6,9H2. The van der Waals surface area contributed by atoms with Gasteiger partial charge in [-0.05, 0) is 40.8 Å². The van der Waals surface area contributed by atoms with Gasteiger partial charge in [-0.3, -0.25) is 4.98 Å². The minimum atomic E-state index is -0.233. The molecular formula is C15H12ClFIN3. The van der Waals surface area contributed by atoms with Crippen molar-refractivity contribution in [1.82, 2.24) is 14.5 Å². The highest BCUT2D eigenvalue weighted by Gasteiger charge is 2.13. The summed E-state index contributed by atoms with van der Waals surface area (Å²) in [5.41, 5.74) is 2.54. The molecule has 0 unspecified atom stereocenters. The Morgan fingerprint density at radius 3 is 2.86 bits per heavy atom. The first kappa shape index (κ1) is 14.7. The van der Waals surface area contributed by atoms with Crippen molar-refractivity contribution in [3.8, 4) is 0 Å². The number of benzene rings is 1. The predicted molar refractivity (Wildman–Crippen MR) is 89.9 cm³/mol. The topological polar surface area (TPSA) is 30.7 Å². The Balaban J connectivity index is 1.98. The Hall–Kier alpha value is -1.21. The van der Waals surface area contributed by atoms with E-state index in [-0.39, 0.29) is 5.82 Å². The second-order valence-electron chi connectivity index (χ2n) is 4.64. The number of hydrogen-bond donors (Lipinski definition) is 0. The SMILES string of the molecule is Fc1cc2c(cc1I)nc(CCl)n2CCc1ccccn1. The van der Waals surface area contributed by atoms with E-state index >= 15 is 0 Å². The van der Waals surface area contributed by atoms with E-state index in [0.29, 0.717) is 16.0 Å². The number of halogens is 3. The number of fused-ring (bicyclic) bond motifs is 1.